The highest BCUT2D eigenvalue weighted by atomic mass is 16.2. The lowest BCUT2D eigenvalue weighted by Crippen LogP contribution is -2.21. The quantitative estimate of drug-likeness (QED) is 0.681. The van der Waals surface area contributed by atoms with E-state index in [4.69, 9.17) is 5.11 Å². The Kier molecular flexibility index (Phi) is 6.48. The normalized spacial score (nSPS) is 10.3. The van der Waals surface area contributed by atoms with Gasteiger partial charge in [0.1, 0.15) is 0 Å². The van der Waals surface area contributed by atoms with E-state index in [-0.39, 0.29) is 6.61 Å². The molecule has 0 aliphatic carbocycles. The number of aliphatic hydroxyl groups is 1. The molecule has 0 unspecified atom stereocenters. The summed E-state index contributed by atoms with van der Waals surface area (Å²) in [5, 5.41) is 12.0. The summed E-state index contributed by atoms with van der Waals surface area (Å²) in [5.74, 6) is 0. The molecule has 0 saturated carbocycles. The molecule has 0 saturated heterocycles. The number of anilines is 2. The number of nitrogens with one attached hydrogen (secondary N) is 1. The fourth-order valence-corrected chi connectivity index (χ4v) is 1.85. The van der Waals surface area contributed by atoms with E-state index in [0.717, 1.165) is 38.2 Å². The Balaban J connectivity index is 2.44. The number of hydrogen-bond donors (Lipinski definition) is 2. The second kappa shape index (κ2) is 7.96. The Morgan fingerprint density at radius 3 is 2.24 bits per heavy atom. The standard InChI is InChI=1S/C14H24N2O/c1-3-16(4-2)14-9-7-13(8-10-14)15-11-5-6-12-17/h7-10,15,17H,3-6,11-12H2,1-2H3. The van der Waals surface area contributed by atoms with Gasteiger partial charge in [-0.1, -0.05) is 0 Å². The first kappa shape index (κ1) is 13.8. The van der Waals surface area contributed by atoms with Crippen LogP contribution in [0.5, 0.6) is 0 Å². The fourth-order valence-electron chi connectivity index (χ4n) is 1.85. The predicted octanol–water partition coefficient (Wildman–Crippen LogP) is 2.72. The van der Waals surface area contributed by atoms with Crippen LogP contribution in [0.3, 0.4) is 0 Å². The van der Waals surface area contributed by atoms with E-state index in [1.807, 2.05) is 0 Å². The highest BCUT2D eigenvalue weighted by Gasteiger charge is 2.00. The van der Waals surface area contributed by atoms with Crippen LogP contribution < -0.4 is 10.2 Å². The average molecular weight is 236 g/mol. The van der Waals surface area contributed by atoms with E-state index in [1.54, 1.807) is 0 Å². The second-order valence-corrected chi connectivity index (χ2v) is 4.08. The van der Waals surface area contributed by atoms with Gasteiger partial charge in [0.05, 0.1) is 0 Å². The van der Waals surface area contributed by atoms with Crippen LogP contribution in [0.1, 0.15) is 26.7 Å². The number of hydrogen-bond acceptors (Lipinski definition) is 3. The third-order valence-corrected chi connectivity index (χ3v) is 2.91. The molecular weight excluding hydrogens is 212 g/mol. The maximum atomic E-state index is 8.68. The first-order valence-electron chi connectivity index (χ1n) is 6.51. The number of unbranched alkanes of at least 4 members (excludes halogenated alkanes) is 1. The van der Waals surface area contributed by atoms with Crippen molar-refractivity contribution in [3.8, 4) is 0 Å². The molecule has 0 spiro atoms. The van der Waals surface area contributed by atoms with Crippen LogP contribution in [0, 0.1) is 0 Å². The SMILES string of the molecule is CCN(CC)c1ccc(NCCCCO)cc1. The molecule has 0 bridgehead atoms. The van der Waals surface area contributed by atoms with E-state index in [9.17, 15) is 0 Å². The van der Waals surface area contributed by atoms with Crippen molar-refractivity contribution in [2.45, 2.75) is 26.7 Å². The molecule has 1 rings (SSSR count). The zero-order valence-electron chi connectivity index (χ0n) is 10.9. The third-order valence-electron chi connectivity index (χ3n) is 2.91. The molecule has 0 aromatic heterocycles. The van der Waals surface area contributed by atoms with Crippen molar-refractivity contribution in [2.75, 3.05) is 36.5 Å². The molecule has 1 aromatic carbocycles. The number of nitrogens with zero attached hydrogens (tertiary/aromatic N) is 1. The van der Waals surface area contributed by atoms with Crippen molar-refractivity contribution in [2.24, 2.45) is 0 Å². The Morgan fingerprint density at radius 2 is 1.71 bits per heavy atom. The molecule has 0 amide bonds. The van der Waals surface area contributed by atoms with Crippen molar-refractivity contribution in [3.63, 3.8) is 0 Å². The van der Waals surface area contributed by atoms with Gasteiger partial charge in [-0.3, -0.25) is 0 Å². The molecule has 0 fully saturated rings. The van der Waals surface area contributed by atoms with Crippen molar-refractivity contribution in [1.29, 1.82) is 0 Å². The minimum absolute atomic E-state index is 0.280. The first-order chi connectivity index (χ1) is 8.31. The van der Waals surface area contributed by atoms with Crippen LogP contribution in [0.15, 0.2) is 24.3 Å². The van der Waals surface area contributed by atoms with Crippen LogP contribution in [0.2, 0.25) is 0 Å². The zero-order valence-corrected chi connectivity index (χ0v) is 10.9. The monoisotopic (exact) mass is 236 g/mol. The molecule has 0 aliphatic heterocycles. The molecule has 1 aromatic rings. The molecular formula is C14H24N2O. The molecule has 3 nitrogen and oxygen atoms in total. The van der Waals surface area contributed by atoms with Crippen molar-refractivity contribution < 1.29 is 5.11 Å². The number of rotatable bonds is 8. The van der Waals surface area contributed by atoms with Gasteiger partial charge in [0.25, 0.3) is 0 Å². The lowest BCUT2D eigenvalue weighted by molar-refractivity contribution is 0.286. The zero-order chi connectivity index (χ0) is 12.5. The minimum Gasteiger partial charge on any atom is -0.396 e. The van der Waals surface area contributed by atoms with E-state index >= 15 is 0 Å². The first-order valence-corrected chi connectivity index (χ1v) is 6.51. The van der Waals surface area contributed by atoms with Crippen LogP contribution >= 0.6 is 0 Å². The van der Waals surface area contributed by atoms with Gasteiger partial charge in [-0.05, 0) is 51.0 Å². The van der Waals surface area contributed by atoms with E-state index < -0.39 is 0 Å². The van der Waals surface area contributed by atoms with Crippen LogP contribution in [0.25, 0.3) is 0 Å². The third kappa shape index (κ3) is 4.65. The van der Waals surface area contributed by atoms with Gasteiger partial charge in [0, 0.05) is 37.6 Å². The summed E-state index contributed by atoms with van der Waals surface area (Å²) in [6.45, 7) is 7.63. The summed E-state index contributed by atoms with van der Waals surface area (Å²) in [7, 11) is 0. The van der Waals surface area contributed by atoms with Crippen molar-refractivity contribution >= 4 is 11.4 Å². The molecule has 0 atom stereocenters. The maximum absolute atomic E-state index is 8.68. The molecule has 2 N–H and O–H groups in total. The number of benzene rings is 1. The highest BCUT2D eigenvalue weighted by molar-refractivity contribution is 5.54. The number of aliphatic hydroxyl groups excluding tert-OH is 1. The summed E-state index contributed by atoms with van der Waals surface area (Å²) in [4.78, 5) is 2.33. The molecule has 0 radical (unpaired) electrons. The van der Waals surface area contributed by atoms with Crippen LogP contribution in [-0.4, -0.2) is 31.3 Å². The van der Waals surface area contributed by atoms with Crippen LogP contribution in [0.4, 0.5) is 11.4 Å². The summed E-state index contributed by atoms with van der Waals surface area (Å²) < 4.78 is 0. The van der Waals surface area contributed by atoms with Gasteiger partial charge in [-0.25, -0.2) is 0 Å². The van der Waals surface area contributed by atoms with Crippen molar-refractivity contribution in [3.05, 3.63) is 24.3 Å². The summed E-state index contributed by atoms with van der Waals surface area (Å²) >= 11 is 0. The minimum atomic E-state index is 0.280. The smallest absolute Gasteiger partial charge is 0.0431 e. The average Bonchev–Trinajstić information content (AvgIpc) is 2.38. The summed E-state index contributed by atoms with van der Waals surface area (Å²) in [5.41, 5.74) is 2.43. The van der Waals surface area contributed by atoms with Gasteiger partial charge in [-0.2, -0.15) is 0 Å². The molecule has 0 heterocycles. The Morgan fingerprint density at radius 1 is 1.06 bits per heavy atom. The van der Waals surface area contributed by atoms with Gasteiger partial charge in [-0.15, -0.1) is 0 Å². The largest absolute Gasteiger partial charge is 0.396 e. The van der Waals surface area contributed by atoms with Crippen molar-refractivity contribution in [1.82, 2.24) is 0 Å². The van der Waals surface area contributed by atoms with E-state index in [2.05, 4.69) is 48.3 Å². The second-order valence-electron chi connectivity index (χ2n) is 4.08. The molecule has 0 aliphatic rings. The Bertz CT molecular complexity index is 294. The van der Waals surface area contributed by atoms with E-state index in [0.29, 0.717) is 0 Å². The molecule has 96 valence electrons. The fraction of sp³-hybridized carbons (Fsp3) is 0.571. The molecule has 17 heavy (non-hydrogen) atoms. The topological polar surface area (TPSA) is 35.5 Å². The predicted molar refractivity (Wildman–Crippen MR) is 74.8 cm³/mol. The lowest BCUT2D eigenvalue weighted by Gasteiger charge is -2.21. The van der Waals surface area contributed by atoms with Gasteiger partial charge >= 0.3 is 0 Å². The van der Waals surface area contributed by atoms with Gasteiger partial charge in [0.2, 0.25) is 0 Å². The molecule has 3 heteroatoms. The van der Waals surface area contributed by atoms with E-state index in [1.165, 1.54) is 5.69 Å². The Hall–Kier alpha value is -1.22. The van der Waals surface area contributed by atoms with Gasteiger partial charge < -0.3 is 15.3 Å². The summed E-state index contributed by atoms with van der Waals surface area (Å²) in [6.07, 6.45) is 1.87. The van der Waals surface area contributed by atoms with Crippen LogP contribution in [-0.2, 0) is 0 Å². The van der Waals surface area contributed by atoms with Gasteiger partial charge in [0.15, 0.2) is 0 Å². The lowest BCUT2D eigenvalue weighted by atomic mass is 10.2. The maximum Gasteiger partial charge on any atom is 0.0431 e. The highest BCUT2D eigenvalue weighted by Crippen LogP contribution is 2.17. The Labute approximate surface area is 104 Å². The summed E-state index contributed by atoms with van der Waals surface area (Å²) in [6, 6.07) is 8.54.